The molecule has 1 amide bonds. The zero-order valence-electron chi connectivity index (χ0n) is 11.6. The van der Waals surface area contributed by atoms with Crippen molar-refractivity contribution in [1.29, 1.82) is 0 Å². The normalized spacial score (nSPS) is 22.6. The highest BCUT2D eigenvalue weighted by Crippen LogP contribution is 2.17. The molecule has 1 aromatic rings. The summed E-state index contributed by atoms with van der Waals surface area (Å²) in [6.07, 6.45) is 1.07. The molecule has 2 heterocycles. The molecule has 0 bridgehead atoms. The summed E-state index contributed by atoms with van der Waals surface area (Å²) in [6, 6.07) is 4.30. The Hall–Kier alpha value is -0.910. The molecule has 1 aliphatic heterocycles. The van der Waals surface area contributed by atoms with E-state index in [1.54, 1.807) is 11.3 Å². The molecule has 0 aliphatic carbocycles. The lowest BCUT2D eigenvalue weighted by molar-refractivity contribution is -0.125. The number of hydrogen-bond acceptors (Lipinski definition) is 4. The van der Waals surface area contributed by atoms with Gasteiger partial charge in [0.2, 0.25) is 5.91 Å². The van der Waals surface area contributed by atoms with Crippen molar-refractivity contribution < 1.29 is 9.53 Å². The Balaban J connectivity index is 1.81. The van der Waals surface area contributed by atoms with Crippen LogP contribution in [0.25, 0.3) is 0 Å². The van der Waals surface area contributed by atoms with Gasteiger partial charge in [-0.2, -0.15) is 0 Å². The molecule has 106 valence electrons. The van der Waals surface area contributed by atoms with Crippen LogP contribution in [-0.2, 0) is 16.1 Å². The van der Waals surface area contributed by atoms with Crippen molar-refractivity contribution in [1.82, 2.24) is 10.6 Å². The fourth-order valence-electron chi connectivity index (χ4n) is 2.23. The molecule has 2 N–H and O–H groups in total. The lowest BCUT2D eigenvalue weighted by atomic mass is 10.0. The van der Waals surface area contributed by atoms with Gasteiger partial charge in [-0.15, -0.1) is 11.3 Å². The van der Waals surface area contributed by atoms with Gasteiger partial charge in [-0.05, 0) is 32.0 Å². The zero-order chi connectivity index (χ0) is 13.7. The number of nitrogens with one attached hydrogen (secondary N) is 2. The second-order valence-corrected chi connectivity index (χ2v) is 6.31. The molecule has 2 unspecified atom stereocenters. The van der Waals surface area contributed by atoms with Gasteiger partial charge >= 0.3 is 0 Å². The minimum atomic E-state index is -0.0624. The van der Waals surface area contributed by atoms with E-state index in [1.807, 2.05) is 0 Å². The molecule has 5 heteroatoms. The summed E-state index contributed by atoms with van der Waals surface area (Å²) in [4.78, 5) is 14.6. The third-order valence-electron chi connectivity index (χ3n) is 3.31. The summed E-state index contributed by atoms with van der Waals surface area (Å²) < 4.78 is 5.42. The maximum absolute atomic E-state index is 12.2. The minimum absolute atomic E-state index is 0.0624. The van der Waals surface area contributed by atoms with Crippen molar-refractivity contribution in [2.24, 2.45) is 5.92 Å². The standard InChI is InChI=1S/C14H22N2O2S/c1-3-6-15-13-9-18-8-12(13)14(17)16-7-11-5-4-10(2)19-11/h4-5,12-13,15H,3,6-9H2,1-2H3,(H,16,17). The first-order valence-electron chi connectivity index (χ1n) is 6.85. The first kappa shape index (κ1) is 14.5. The quantitative estimate of drug-likeness (QED) is 0.835. The summed E-state index contributed by atoms with van der Waals surface area (Å²) in [5.74, 6) is 0.0322. The molecule has 19 heavy (non-hydrogen) atoms. The Bertz CT molecular complexity index is 419. The number of ether oxygens (including phenoxy) is 1. The Morgan fingerprint density at radius 3 is 3.00 bits per heavy atom. The van der Waals surface area contributed by atoms with Crippen LogP contribution < -0.4 is 10.6 Å². The van der Waals surface area contributed by atoms with Crippen molar-refractivity contribution in [2.75, 3.05) is 19.8 Å². The van der Waals surface area contributed by atoms with Crippen LogP contribution in [0.2, 0.25) is 0 Å². The Morgan fingerprint density at radius 1 is 1.47 bits per heavy atom. The fraction of sp³-hybridized carbons (Fsp3) is 0.643. The van der Waals surface area contributed by atoms with Gasteiger partial charge in [-0.25, -0.2) is 0 Å². The molecule has 0 radical (unpaired) electrons. The van der Waals surface area contributed by atoms with Crippen LogP contribution in [0.3, 0.4) is 0 Å². The van der Waals surface area contributed by atoms with Gasteiger partial charge < -0.3 is 15.4 Å². The van der Waals surface area contributed by atoms with Gasteiger partial charge in [0.1, 0.15) is 0 Å². The monoisotopic (exact) mass is 282 g/mol. The summed E-state index contributed by atoms with van der Waals surface area (Å²) in [5, 5.41) is 6.39. The van der Waals surface area contributed by atoms with E-state index in [9.17, 15) is 4.79 Å². The highest BCUT2D eigenvalue weighted by molar-refractivity contribution is 7.11. The van der Waals surface area contributed by atoms with E-state index in [2.05, 4.69) is 36.6 Å². The lowest BCUT2D eigenvalue weighted by Gasteiger charge is -2.18. The third kappa shape index (κ3) is 4.03. The van der Waals surface area contributed by atoms with E-state index in [4.69, 9.17) is 4.74 Å². The van der Waals surface area contributed by atoms with Gasteiger partial charge in [0.15, 0.2) is 0 Å². The van der Waals surface area contributed by atoms with Crippen LogP contribution in [0.4, 0.5) is 0 Å². The number of aryl methyl sites for hydroxylation is 1. The highest BCUT2D eigenvalue weighted by Gasteiger charge is 2.33. The summed E-state index contributed by atoms with van der Waals surface area (Å²) in [7, 11) is 0. The van der Waals surface area contributed by atoms with Gasteiger partial charge in [0.05, 0.1) is 25.7 Å². The third-order valence-corrected chi connectivity index (χ3v) is 4.31. The van der Waals surface area contributed by atoms with E-state index < -0.39 is 0 Å². The molecular weight excluding hydrogens is 260 g/mol. The predicted octanol–water partition coefficient (Wildman–Crippen LogP) is 1.69. The van der Waals surface area contributed by atoms with E-state index in [0.717, 1.165) is 13.0 Å². The van der Waals surface area contributed by atoms with Crippen LogP contribution in [-0.4, -0.2) is 31.7 Å². The molecule has 4 nitrogen and oxygen atoms in total. The van der Waals surface area contributed by atoms with E-state index in [1.165, 1.54) is 9.75 Å². The minimum Gasteiger partial charge on any atom is -0.379 e. The van der Waals surface area contributed by atoms with Crippen LogP contribution in [0.1, 0.15) is 23.1 Å². The Labute approximate surface area is 118 Å². The number of hydrogen-bond donors (Lipinski definition) is 2. The smallest absolute Gasteiger partial charge is 0.227 e. The summed E-state index contributed by atoms with van der Waals surface area (Å²) in [5.41, 5.74) is 0. The van der Waals surface area contributed by atoms with E-state index >= 15 is 0 Å². The highest BCUT2D eigenvalue weighted by atomic mass is 32.1. The van der Waals surface area contributed by atoms with Crippen molar-refractivity contribution in [2.45, 2.75) is 32.9 Å². The Kier molecular flexibility index (Phi) is 5.36. The van der Waals surface area contributed by atoms with Crippen molar-refractivity contribution in [3.63, 3.8) is 0 Å². The first-order chi connectivity index (χ1) is 9.20. The second-order valence-electron chi connectivity index (χ2n) is 4.93. The fourth-order valence-corrected chi connectivity index (χ4v) is 3.06. The molecule has 1 aromatic heterocycles. The maximum Gasteiger partial charge on any atom is 0.227 e. The number of carbonyl (C=O) groups is 1. The first-order valence-corrected chi connectivity index (χ1v) is 7.66. The van der Waals surface area contributed by atoms with Crippen LogP contribution >= 0.6 is 11.3 Å². The number of rotatable bonds is 6. The average Bonchev–Trinajstić information content (AvgIpc) is 3.02. The van der Waals surface area contributed by atoms with Crippen LogP contribution in [0.5, 0.6) is 0 Å². The molecule has 0 spiro atoms. The SMILES string of the molecule is CCCNC1COCC1C(=O)NCc1ccc(C)s1. The van der Waals surface area contributed by atoms with Crippen LogP contribution in [0, 0.1) is 12.8 Å². The van der Waals surface area contributed by atoms with E-state index in [0.29, 0.717) is 19.8 Å². The van der Waals surface area contributed by atoms with Crippen molar-refractivity contribution >= 4 is 17.2 Å². The number of carbonyl (C=O) groups excluding carboxylic acids is 1. The summed E-state index contributed by atoms with van der Waals surface area (Å²) >= 11 is 1.73. The maximum atomic E-state index is 12.2. The zero-order valence-corrected chi connectivity index (χ0v) is 12.4. The van der Waals surface area contributed by atoms with Gasteiger partial charge in [0, 0.05) is 15.8 Å². The molecule has 0 saturated carbocycles. The van der Waals surface area contributed by atoms with Gasteiger partial charge in [-0.1, -0.05) is 6.92 Å². The van der Waals surface area contributed by atoms with Crippen LogP contribution in [0.15, 0.2) is 12.1 Å². The average molecular weight is 282 g/mol. The predicted molar refractivity (Wildman–Crippen MR) is 77.3 cm³/mol. The van der Waals surface area contributed by atoms with Gasteiger partial charge in [0.25, 0.3) is 0 Å². The molecule has 1 fully saturated rings. The number of amides is 1. The second kappa shape index (κ2) is 7.03. The molecule has 1 saturated heterocycles. The van der Waals surface area contributed by atoms with Crippen molar-refractivity contribution in [3.05, 3.63) is 21.9 Å². The Morgan fingerprint density at radius 2 is 2.32 bits per heavy atom. The van der Waals surface area contributed by atoms with E-state index in [-0.39, 0.29) is 17.9 Å². The summed E-state index contributed by atoms with van der Waals surface area (Å²) in [6.45, 7) is 6.91. The molecule has 2 atom stereocenters. The molecule has 1 aliphatic rings. The molecule has 0 aromatic carbocycles. The number of thiophene rings is 1. The largest absolute Gasteiger partial charge is 0.379 e. The molecular formula is C14H22N2O2S. The molecule has 2 rings (SSSR count). The van der Waals surface area contributed by atoms with Crippen molar-refractivity contribution in [3.8, 4) is 0 Å². The lowest BCUT2D eigenvalue weighted by Crippen LogP contribution is -2.43. The topological polar surface area (TPSA) is 50.4 Å². The van der Waals surface area contributed by atoms with Gasteiger partial charge in [-0.3, -0.25) is 4.79 Å².